The molecule has 5 heteroatoms. The van der Waals surface area contributed by atoms with Crippen LogP contribution in [0.3, 0.4) is 0 Å². The molecule has 0 saturated carbocycles. The van der Waals surface area contributed by atoms with E-state index in [1.807, 2.05) is 22.2 Å². The van der Waals surface area contributed by atoms with Crippen molar-refractivity contribution in [2.75, 3.05) is 18.8 Å². The minimum Gasteiger partial charge on any atom is -0.396 e. The summed E-state index contributed by atoms with van der Waals surface area (Å²) in [4.78, 5) is 4.04. The molecule has 2 N–H and O–H groups in total. The largest absolute Gasteiger partial charge is 0.396 e. The molecule has 0 amide bonds. The summed E-state index contributed by atoms with van der Waals surface area (Å²) in [7, 11) is 0. The van der Waals surface area contributed by atoms with Crippen LogP contribution in [0.15, 0.2) is 23.8 Å². The first-order chi connectivity index (χ1) is 8.31. The van der Waals surface area contributed by atoms with Gasteiger partial charge >= 0.3 is 0 Å². The lowest BCUT2D eigenvalue weighted by molar-refractivity contribution is 0.242. The Hall–Kier alpha value is -1.33. The second-order valence-corrected chi connectivity index (χ2v) is 5.43. The second-order valence-electron chi connectivity index (χ2n) is 4.43. The third-order valence-corrected chi connectivity index (χ3v) is 4.21. The van der Waals surface area contributed by atoms with Gasteiger partial charge in [0.25, 0.3) is 0 Å². The van der Waals surface area contributed by atoms with E-state index in [0.717, 1.165) is 31.9 Å². The van der Waals surface area contributed by atoms with Crippen LogP contribution >= 0.6 is 11.3 Å². The highest BCUT2D eigenvalue weighted by molar-refractivity contribution is 7.10. The average Bonchev–Trinajstić information content (AvgIpc) is 2.94. The molecule has 4 nitrogen and oxygen atoms in total. The normalized spacial score (nSPS) is 16.0. The van der Waals surface area contributed by atoms with Gasteiger partial charge in [0.1, 0.15) is 0 Å². The van der Waals surface area contributed by atoms with Gasteiger partial charge < -0.3 is 5.73 Å². The summed E-state index contributed by atoms with van der Waals surface area (Å²) in [6.45, 7) is 4.19. The fraction of sp³-hybridized carbons (Fsp3) is 0.417. The van der Waals surface area contributed by atoms with Gasteiger partial charge in [0.2, 0.25) is 0 Å². The molecule has 3 heterocycles. The number of anilines is 1. The first-order valence-electron chi connectivity index (χ1n) is 5.87. The van der Waals surface area contributed by atoms with Gasteiger partial charge in [0.15, 0.2) is 0 Å². The topological polar surface area (TPSA) is 47.1 Å². The summed E-state index contributed by atoms with van der Waals surface area (Å²) < 4.78 is 1.92. The first kappa shape index (κ1) is 10.8. The molecular formula is C12H16N4S. The first-order valence-corrected chi connectivity index (χ1v) is 6.75. The van der Waals surface area contributed by atoms with E-state index < -0.39 is 0 Å². The predicted molar refractivity (Wildman–Crippen MR) is 69.9 cm³/mol. The average molecular weight is 248 g/mol. The van der Waals surface area contributed by atoms with Gasteiger partial charge in [0.05, 0.1) is 18.4 Å². The molecule has 0 bridgehead atoms. The van der Waals surface area contributed by atoms with Gasteiger partial charge in [-0.15, -0.1) is 11.3 Å². The summed E-state index contributed by atoms with van der Waals surface area (Å²) in [5.74, 6) is 0. The van der Waals surface area contributed by atoms with Gasteiger partial charge in [-0.05, 0) is 23.4 Å². The van der Waals surface area contributed by atoms with E-state index in [0.29, 0.717) is 0 Å². The molecule has 0 saturated heterocycles. The lowest BCUT2D eigenvalue weighted by Gasteiger charge is -2.26. The van der Waals surface area contributed by atoms with Crippen LogP contribution in [0.2, 0.25) is 0 Å². The standard InChI is InChI=1S/C12H16N4S/c13-11-7-14-16(9-11)5-4-15-3-1-12-10(8-15)2-6-17-12/h2,6-7,9H,1,3-5,8,13H2. The Morgan fingerprint density at radius 3 is 3.18 bits per heavy atom. The predicted octanol–water partition coefficient (Wildman–Crippen LogP) is 1.59. The second kappa shape index (κ2) is 4.50. The summed E-state index contributed by atoms with van der Waals surface area (Å²) in [5, 5.41) is 6.40. The van der Waals surface area contributed by atoms with Crippen LogP contribution in [0.5, 0.6) is 0 Å². The van der Waals surface area contributed by atoms with Gasteiger partial charge in [0, 0.05) is 30.7 Å². The molecule has 17 heavy (non-hydrogen) atoms. The fourth-order valence-corrected chi connectivity index (χ4v) is 3.13. The zero-order chi connectivity index (χ0) is 11.7. The molecule has 1 aliphatic rings. The summed E-state index contributed by atoms with van der Waals surface area (Å²) in [6.07, 6.45) is 4.78. The number of aromatic nitrogens is 2. The maximum atomic E-state index is 5.64. The van der Waals surface area contributed by atoms with E-state index >= 15 is 0 Å². The maximum Gasteiger partial charge on any atom is 0.0719 e. The van der Waals surface area contributed by atoms with Crippen molar-refractivity contribution in [1.82, 2.24) is 14.7 Å². The highest BCUT2D eigenvalue weighted by atomic mass is 32.1. The van der Waals surface area contributed by atoms with Crippen LogP contribution in [0.25, 0.3) is 0 Å². The highest BCUT2D eigenvalue weighted by Crippen LogP contribution is 2.23. The van der Waals surface area contributed by atoms with Crippen LogP contribution < -0.4 is 5.73 Å². The summed E-state index contributed by atoms with van der Waals surface area (Å²) >= 11 is 1.88. The quantitative estimate of drug-likeness (QED) is 0.897. The zero-order valence-corrected chi connectivity index (χ0v) is 10.5. The fourth-order valence-electron chi connectivity index (χ4n) is 2.24. The van der Waals surface area contributed by atoms with Crippen molar-refractivity contribution in [2.45, 2.75) is 19.5 Å². The van der Waals surface area contributed by atoms with Crippen molar-refractivity contribution in [1.29, 1.82) is 0 Å². The molecular weight excluding hydrogens is 232 g/mol. The van der Waals surface area contributed by atoms with E-state index in [1.54, 1.807) is 11.1 Å². The van der Waals surface area contributed by atoms with E-state index in [-0.39, 0.29) is 0 Å². The van der Waals surface area contributed by atoms with E-state index in [9.17, 15) is 0 Å². The van der Waals surface area contributed by atoms with Crippen LogP contribution in [-0.2, 0) is 19.5 Å². The number of nitrogens with zero attached hydrogens (tertiary/aromatic N) is 3. The molecule has 0 radical (unpaired) electrons. The molecule has 2 aromatic rings. The van der Waals surface area contributed by atoms with E-state index in [4.69, 9.17) is 5.73 Å². The van der Waals surface area contributed by atoms with Crippen molar-refractivity contribution >= 4 is 17.0 Å². The maximum absolute atomic E-state index is 5.64. The number of rotatable bonds is 3. The van der Waals surface area contributed by atoms with Crippen LogP contribution in [-0.4, -0.2) is 27.8 Å². The van der Waals surface area contributed by atoms with Crippen LogP contribution in [0.4, 0.5) is 5.69 Å². The molecule has 0 aliphatic carbocycles. The molecule has 1 aliphatic heterocycles. The number of hydrogen-bond donors (Lipinski definition) is 1. The SMILES string of the molecule is Nc1cnn(CCN2CCc3sccc3C2)c1. The van der Waals surface area contributed by atoms with Crippen LogP contribution in [0, 0.1) is 0 Å². The van der Waals surface area contributed by atoms with Crippen molar-refractivity contribution in [3.05, 3.63) is 34.3 Å². The van der Waals surface area contributed by atoms with Crippen molar-refractivity contribution in [3.63, 3.8) is 0 Å². The monoisotopic (exact) mass is 248 g/mol. The lowest BCUT2D eigenvalue weighted by atomic mass is 10.1. The Balaban J connectivity index is 1.57. The third kappa shape index (κ3) is 2.35. The van der Waals surface area contributed by atoms with E-state index in [2.05, 4.69) is 21.4 Å². The van der Waals surface area contributed by atoms with Crippen LogP contribution in [0.1, 0.15) is 10.4 Å². The molecule has 2 aromatic heterocycles. The number of thiophene rings is 1. The molecule has 3 rings (SSSR count). The molecule has 0 fully saturated rings. The van der Waals surface area contributed by atoms with Gasteiger partial charge in [-0.1, -0.05) is 0 Å². The number of fused-ring (bicyclic) bond motifs is 1. The Morgan fingerprint density at radius 2 is 2.35 bits per heavy atom. The Morgan fingerprint density at radius 1 is 1.41 bits per heavy atom. The third-order valence-electron chi connectivity index (χ3n) is 3.19. The molecule has 90 valence electrons. The van der Waals surface area contributed by atoms with Gasteiger partial charge in [-0.25, -0.2) is 0 Å². The number of nitrogens with two attached hydrogens (primary N) is 1. The van der Waals surface area contributed by atoms with Crippen molar-refractivity contribution < 1.29 is 0 Å². The minimum absolute atomic E-state index is 0.740. The van der Waals surface area contributed by atoms with Gasteiger partial charge in [-0.2, -0.15) is 5.10 Å². The number of hydrogen-bond acceptors (Lipinski definition) is 4. The minimum atomic E-state index is 0.740. The Bertz CT molecular complexity index is 502. The lowest BCUT2D eigenvalue weighted by Crippen LogP contribution is -2.32. The summed E-state index contributed by atoms with van der Waals surface area (Å²) in [6, 6.07) is 2.25. The van der Waals surface area contributed by atoms with Gasteiger partial charge in [-0.3, -0.25) is 9.58 Å². The highest BCUT2D eigenvalue weighted by Gasteiger charge is 2.16. The number of nitrogen functional groups attached to an aromatic ring is 1. The van der Waals surface area contributed by atoms with Crippen molar-refractivity contribution in [3.8, 4) is 0 Å². The van der Waals surface area contributed by atoms with Crippen molar-refractivity contribution in [2.24, 2.45) is 0 Å². The summed E-state index contributed by atoms with van der Waals surface area (Å²) in [5.41, 5.74) is 7.88. The molecule has 0 spiro atoms. The molecule has 0 atom stereocenters. The Labute approximate surface area is 105 Å². The zero-order valence-electron chi connectivity index (χ0n) is 9.67. The van der Waals surface area contributed by atoms with E-state index in [1.165, 1.54) is 12.0 Å². The smallest absolute Gasteiger partial charge is 0.0719 e. The Kier molecular flexibility index (Phi) is 2.86. The molecule has 0 unspecified atom stereocenters. The molecule has 0 aromatic carbocycles.